The molecule has 2 aliphatic heterocycles. The summed E-state index contributed by atoms with van der Waals surface area (Å²) >= 11 is 0. The molecular weight excluding hydrogens is 262 g/mol. The van der Waals surface area contributed by atoms with E-state index < -0.39 is 0 Å². The maximum Gasteiger partial charge on any atom is 0.123 e. The Morgan fingerprint density at radius 2 is 1.90 bits per heavy atom. The van der Waals surface area contributed by atoms with Crippen LogP contribution in [0.1, 0.15) is 44.7 Å². The minimum absolute atomic E-state index is 0.0516. The van der Waals surface area contributed by atoms with E-state index in [4.69, 9.17) is 9.47 Å². The van der Waals surface area contributed by atoms with Gasteiger partial charge in [0.25, 0.3) is 0 Å². The summed E-state index contributed by atoms with van der Waals surface area (Å²) in [6, 6.07) is 6.60. The molecule has 21 heavy (non-hydrogen) atoms. The maximum atomic E-state index is 5.93. The fraction of sp³-hybridized carbons (Fsp3) is 0.667. The molecule has 0 atom stereocenters. The SMILES string of the molecule is CC1(CNCc2ccc3c(c2)CC(C)(C)O3)CCOCC1. The predicted octanol–water partition coefficient (Wildman–Crippen LogP) is 3.31. The Balaban J connectivity index is 1.55. The van der Waals surface area contributed by atoms with Crippen molar-refractivity contribution in [3.63, 3.8) is 0 Å². The molecule has 0 bridgehead atoms. The van der Waals surface area contributed by atoms with Crippen molar-refractivity contribution in [2.45, 2.75) is 52.2 Å². The highest BCUT2D eigenvalue weighted by atomic mass is 16.5. The molecule has 0 spiro atoms. The number of ether oxygens (including phenoxy) is 2. The Morgan fingerprint density at radius 3 is 2.67 bits per heavy atom. The molecule has 0 amide bonds. The van der Waals surface area contributed by atoms with Gasteiger partial charge in [-0.2, -0.15) is 0 Å². The molecule has 1 aromatic carbocycles. The van der Waals surface area contributed by atoms with Crippen molar-refractivity contribution < 1.29 is 9.47 Å². The molecule has 0 saturated carbocycles. The zero-order valence-corrected chi connectivity index (χ0v) is 13.5. The van der Waals surface area contributed by atoms with Gasteiger partial charge in [0.15, 0.2) is 0 Å². The van der Waals surface area contributed by atoms with Crippen molar-refractivity contribution in [3.8, 4) is 5.75 Å². The van der Waals surface area contributed by atoms with Crippen LogP contribution in [0.15, 0.2) is 18.2 Å². The second-order valence-corrected chi connectivity index (χ2v) is 7.51. The molecule has 0 unspecified atom stereocenters. The Hall–Kier alpha value is -1.06. The Labute approximate surface area is 128 Å². The molecule has 3 nitrogen and oxygen atoms in total. The standard InChI is InChI=1S/C18H27NO2/c1-17(2)11-15-10-14(4-5-16(15)21-17)12-19-13-18(3)6-8-20-9-7-18/h4-5,10,19H,6-9,11-13H2,1-3H3. The van der Waals surface area contributed by atoms with Gasteiger partial charge in [-0.3, -0.25) is 0 Å². The van der Waals surface area contributed by atoms with E-state index in [1.807, 2.05) is 0 Å². The first-order valence-electron chi connectivity index (χ1n) is 8.05. The maximum absolute atomic E-state index is 5.93. The highest BCUT2D eigenvalue weighted by molar-refractivity contribution is 5.41. The van der Waals surface area contributed by atoms with Gasteiger partial charge in [-0.15, -0.1) is 0 Å². The van der Waals surface area contributed by atoms with E-state index in [1.165, 1.54) is 11.1 Å². The van der Waals surface area contributed by atoms with Gasteiger partial charge < -0.3 is 14.8 Å². The average Bonchev–Trinajstić information content (AvgIpc) is 2.72. The van der Waals surface area contributed by atoms with Gasteiger partial charge >= 0.3 is 0 Å². The fourth-order valence-corrected chi connectivity index (χ4v) is 3.32. The molecule has 1 saturated heterocycles. The highest BCUT2D eigenvalue weighted by Gasteiger charge is 2.30. The van der Waals surface area contributed by atoms with Gasteiger partial charge in [0.2, 0.25) is 0 Å². The van der Waals surface area contributed by atoms with E-state index in [9.17, 15) is 0 Å². The first-order chi connectivity index (χ1) is 9.96. The number of benzene rings is 1. The van der Waals surface area contributed by atoms with Crippen molar-refractivity contribution in [1.82, 2.24) is 5.32 Å². The van der Waals surface area contributed by atoms with Crippen LogP contribution in [0.25, 0.3) is 0 Å². The van der Waals surface area contributed by atoms with Crippen molar-refractivity contribution in [2.75, 3.05) is 19.8 Å². The summed E-state index contributed by atoms with van der Waals surface area (Å²) in [6.45, 7) is 10.5. The molecule has 0 radical (unpaired) electrons. The van der Waals surface area contributed by atoms with Crippen LogP contribution >= 0.6 is 0 Å². The molecule has 3 heteroatoms. The zero-order valence-electron chi connectivity index (χ0n) is 13.5. The van der Waals surface area contributed by atoms with Crippen molar-refractivity contribution in [1.29, 1.82) is 0 Å². The normalized spacial score (nSPS) is 22.6. The Bertz CT molecular complexity index is 504. The van der Waals surface area contributed by atoms with E-state index in [2.05, 4.69) is 44.3 Å². The Kier molecular flexibility index (Phi) is 3.98. The molecule has 1 fully saturated rings. The number of rotatable bonds is 4. The summed E-state index contributed by atoms with van der Waals surface area (Å²) in [7, 11) is 0. The van der Waals surface area contributed by atoms with Gasteiger partial charge in [0, 0.05) is 32.7 Å². The molecule has 3 rings (SSSR count). The summed E-state index contributed by atoms with van der Waals surface area (Å²) in [6.07, 6.45) is 3.32. The summed E-state index contributed by atoms with van der Waals surface area (Å²) < 4.78 is 11.4. The summed E-state index contributed by atoms with van der Waals surface area (Å²) in [5.74, 6) is 1.06. The first-order valence-corrected chi connectivity index (χ1v) is 8.05. The third-order valence-corrected chi connectivity index (χ3v) is 4.71. The van der Waals surface area contributed by atoms with Crippen LogP contribution in [0, 0.1) is 5.41 Å². The molecule has 0 aromatic heterocycles. The largest absolute Gasteiger partial charge is 0.487 e. The summed E-state index contributed by atoms with van der Waals surface area (Å²) in [5, 5.41) is 3.63. The van der Waals surface area contributed by atoms with Crippen LogP contribution in [0.2, 0.25) is 0 Å². The molecule has 2 aliphatic rings. The van der Waals surface area contributed by atoms with E-state index in [0.29, 0.717) is 5.41 Å². The van der Waals surface area contributed by atoms with Crippen LogP contribution < -0.4 is 10.1 Å². The lowest BCUT2D eigenvalue weighted by atomic mass is 9.82. The van der Waals surface area contributed by atoms with E-state index in [0.717, 1.165) is 51.3 Å². The molecule has 0 aliphatic carbocycles. The molecule has 116 valence electrons. The first kappa shape index (κ1) is 14.9. The lowest BCUT2D eigenvalue weighted by molar-refractivity contribution is 0.0240. The topological polar surface area (TPSA) is 30.5 Å². The molecule has 1 aromatic rings. The van der Waals surface area contributed by atoms with E-state index >= 15 is 0 Å². The molecule has 1 N–H and O–H groups in total. The zero-order chi connectivity index (χ0) is 14.9. The lowest BCUT2D eigenvalue weighted by Gasteiger charge is -2.33. The van der Waals surface area contributed by atoms with Crippen LogP contribution in [-0.4, -0.2) is 25.4 Å². The minimum Gasteiger partial charge on any atom is -0.487 e. The third-order valence-electron chi connectivity index (χ3n) is 4.71. The van der Waals surface area contributed by atoms with Crippen LogP contribution in [0.4, 0.5) is 0 Å². The van der Waals surface area contributed by atoms with Gasteiger partial charge in [-0.25, -0.2) is 0 Å². The van der Waals surface area contributed by atoms with Crippen LogP contribution in [0.5, 0.6) is 5.75 Å². The predicted molar refractivity (Wildman–Crippen MR) is 84.7 cm³/mol. The third kappa shape index (κ3) is 3.58. The summed E-state index contributed by atoms with van der Waals surface area (Å²) in [4.78, 5) is 0. The van der Waals surface area contributed by atoms with Gasteiger partial charge in [-0.05, 0) is 49.3 Å². The van der Waals surface area contributed by atoms with Crippen molar-refractivity contribution in [3.05, 3.63) is 29.3 Å². The van der Waals surface area contributed by atoms with Gasteiger partial charge in [0.1, 0.15) is 11.4 Å². The number of fused-ring (bicyclic) bond motifs is 1. The van der Waals surface area contributed by atoms with Gasteiger partial charge in [-0.1, -0.05) is 19.1 Å². The number of hydrogen-bond acceptors (Lipinski definition) is 3. The van der Waals surface area contributed by atoms with Crippen LogP contribution in [-0.2, 0) is 17.7 Å². The quantitative estimate of drug-likeness (QED) is 0.922. The second kappa shape index (κ2) is 5.62. The van der Waals surface area contributed by atoms with Crippen LogP contribution in [0.3, 0.4) is 0 Å². The molecule has 2 heterocycles. The average molecular weight is 289 g/mol. The smallest absolute Gasteiger partial charge is 0.123 e. The van der Waals surface area contributed by atoms with Gasteiger partial charge in [0.05, 0.1) is 0 Å². The lowest BCUT2D eigenvalue weighted by Crippen LogP contribution is -2.36. The fourth-order valence-electron chi connectivity index (χ4n) is 3.32. The summed E-state index contributed by atoms with van der Waals surface area (Å²) in [5.41, 5.74) is 3.03. The second-order valence-electron chi connectivity index (χ2n) is 7.51. The van der Waals surface area contributed by atoms with E-state index in [-0.39, 0.29) is 5.60 Å². The highest BCUT2D eigenvalue weighted by Crippen LogP contribution is 2.35. The van der Waals surface area contributed by atoms with E-state index in [1.54, 1.807) is 0 Å². The van der Waals surface area contributed by atoms with Crippen molar-refractivity contribution >= 4 is 0 Å². The molecular formula is C18H27NO2. The van der Waals surface area contributed by atoms with Crippen molar-refractivity contribution in [2.24, 2.45) is 5.41 Å². The minimum atomic E-state index is -0.0516. The monoisotopic (exact) mass is 289 g/mol. The Morgan fingerprint density at radius 1 is 1.14 bits per heavy atom. The number of hydrogen-bond donors (Lipinski definition) is 1. The number of nitrogens with one attached hydrogen (secondary N) is 1.